The van der Waals surface area contributed by atoms with Crippen molar-refractivity contribution in [1.82, 2.24) is 5.32 Å². The highest BCUT2D eigenvalue weighted by Crippen LogP contribution is 2.36. The fourth-order valence-electron chi connectivity index (χ4n) is 3.06. The van der Waals surface area contributed by atoms with Crippen molar-refractivity contribution in [3.63, 3.8) is 0 Å². The lowest BCUT2D eigenvalue weighted by atomic mass is 9.96. The van der Waals surface area contributed by atoms with Crippen LogP contribution in [0.5, 0.6) is 0 Å². The van der Waals surface area contributed by atoms with Crippen molar-refractivity contribution in [2.45, 2.75) is 29.9 Å². The summed E-state index contributed by atoms with van der Waals surface area (Å²) in [7, 11) is -0.937. The Bertz CT molecular complexity index is 684. The topological polar surface area (TPSA) is 49.3 Å². The van der Waals surface area contributed by atoms with Crippen LogP contribution in [0.15, 0.2) is 53.4 Å². The van der Waals surface area contributed by atoms with E-state index in [0.29, 0.717) is 13.1 Å². The predicted molar refractivity (Wildman–Crippen MR) is 89.1 cm³/mol. The van der Waals surface area contributed by atoms with Crippen molar-refractivity contribution in [3.8, 4) is 0 Å². The van der Waals surface area contributed by atoms with Crippen LogP contribution in [-0.4, -0.2) is 22.1 Å². The van der Waals surface area contributed by atoms with E-state index in [1.54, 1.807) is 6.26 Å². The van der Waals surface area contributed by atoms with E-state index >= 15 is 0 Å². The number of rotatable bonds is 5. The van der Waals surface area contributed by atoms with Gasteiger partial charge in [0.15, 0.2) is 0 Å². The Morgan fingerprint density at radius 2 is 1.91 bits per heavy atom. The number of benzene rings is 2. The highest BCUT2D eigenvalue weighted by atomic mass is 32.2. The van der Waals surface area contributed by atoms with E-state index in [0.717, 1.165) is 28.9 Å². The second kappa shape index (κ2) is 6.32. The molecule has 0 aliphatic heterocycles. The van der Waals surface area contributed by atoms with Crippen LogP contribution < -0.4 is 5.32 Å². The first-order chi connectivity index (χ1) is 10.6. The number of aryl methyl sites for hydroxylation is 1. The molecule has 3 nitrogen and oxygen atoms in total. The zero-order chi connectivity index (χ0) is 15.6. The predicted octanol–water partition coefficient (Wildman–Crippen LogP) is 2.35. The highest BCUT2D eigenvalue weighted by Gasteiger charge is 2.35. The lowest BCUT2D eigenvalue weighted by Crippen LogP contribution is -2.35. The minimum Gasteiger partial charge on any atom is -0.384 e. The average Bonchev–Trinajstić information content (AvgIpc) is 2.86. The van der Waals surface area contributed by atoms with Gasteiger partial charge >= 0.3 is 0 Å². The van der Waals surface area contributed by atoms with E-state index in [-0.39, 0.29) is 0 Å². The van der Waals surface area contributed by atoms with Gasteiger partial charge in [0, 0.05) is 35.0 Å². The van der Waals surface area contributed by atoms with Crippen LogP contribution in [0, 0.1) is 0 Å². The van der Waals surface area contributed by atoms with Crippen LogP contribution in [0.3, 0.4) is 0 Å². The van der Waals surface area contributed by atoms with Crippen molar-refractivity contribution in [2.75, 3.05) is 12.8 Å². The maximum absolute atomic E-state index is 11.4. The van der Waals surface area contributed by atoms with E-state index in [4.69, 9.17) is 0 Å². The average molecular weight is 315 g/mol. The zero-order valence-electron chi connectivity index (χ0n) is 12.7. The van der Waals surface area contributed by atoms with Gasteiger partial charge in [-0.2, -0.15) is 0 Å². The summed E-state index contributed by atoms with van der Waals surface area (Å²) in [6, 6.07) is 15.9. The van der Waals surface area contributed by atoms with Gasteiger partial charge in [0.05, 0.1) is 0 Å². The monoisotopic (exact) mass is 315 g/mol. The number of hydrogen-bond donors (Lipinski definition) is 2. The van der Waals surface area contributed by atoms with Crippen LogP contribution in [-0.2, 0) is 29.4 Å². The normalized spacial score (nSPS) is 21.5. The molecule has 116 valence electrons. The van der Waals surface area contributed by atoms with Gasteiger partial charge in [0.25, 0.3) is 0 Å². The summed E-state index contributed by atoms with van der Waals surface area (Å²) in [6.07, 6.45) is 3.39. The van der Waals surface area contributed by atoms with E-state index in [1.807, 2.05) is 42.5 Å². The van der Waals surface area contributed by atoms with Crippen molar-refractivity contribution in [2.24, 2.45) is 0 Å². The molecule has 0 fully saturated rings. The zero-order valence-corrected chi connectivity index (χ0v) is 13.5. The molecule has 1 aliphatic rings. The maximum atomic E-state index is 11.4. The van der Waals surface area contributed by atoms with Gasteiger partial charge in [0.1, 0.15) is 5.60 Å². The van der Waals surface area contributed by atoms with E-state index in [9.17, 15) is 9.32 Å². The van der Waals surface area contributed by atoms with Gasteiger partial charge in [-0.1, -0.05) is 36.4 Å². The van der Waals surface area contributed by atoms with Crippen LogP contribution in [0.25, 0.3) is 0 Å². The third-order valence-corrected chi connectivity index (χ3v) is 5.26. The molecule has 0 saturated carbocycles. The van der Waals surface area contributed by atoms with Crippen LogP contribution >= 0.6 is 0 Å². The summed E-state index contributed by atoms with van der Waals surface area (Å²) in [5.41, 5.74) is 2.67. The summed E-state index contributed by atoms with van der Waals surface area (Å²) < 4.78 is 11.4. The van der Waals surface area contributed by atoms with Gasteiger partial charge < -0.3 is 10.4 Å². The van der Waals surface area contributed by atoms with Crippen LogP contribution in [0.4, 0.5) is 0 Å². The first-order valence-corrected chi connectivity index (χ1v) is 9.08. The number of fused-ring (bicyclic) bond motifs is 1. The van der Waals surface area contributed by atoms with Gasteiger partial charge in [-0.15, -0.1) is 0 Å². The van der Waals surface area contributed by atoms with Crippen LogP contribution in [0.2, 0.25) is 0 Å². The largest absolute Gasteiger partial charge is 0.384 e. The smallest absolute Gasteiger partial charge is 0.103 e. The van der Waals surface area contributed by atoms with Crippen molar-refractivity contribution in [1.29, 1.82) is 0 Å². The Kier molecular flexibility index (Phi) is 4.43. The molecule has 0 spiro atoms. The second-order valence-electron chi connectivity index (χ2n) is 5.89. The number of nitrogens with one attached hydrogen (secondary N) is 1. The maximum Gasteiger partial charge on any atom is 0.103 e. The highest BCUT2D eigenvalue weighted by molar-refractivity contribution is 7.84. The molecule has 2 aromatic carbocycles. The Morgan fingerprint density at radius 3 is 2.64 bits per heavy atom. The SMILES string of the molecule is CS(=O)c1ccc(CNCC2(O)CCc3ccccc32)cc1. The Labute approximate surface area is 133 Å². The van der Waals surface area contributed by atoms with Gasteiger partial charge in [-0.05, 0) is 41.7 Å². The molecular weight excluding hydrogens is 294 g/mol. The summed E-state index contributed by atoms with van der Waals surface area (Å²) in [4.78, 5) is 0.840. The van der Waals surface area contributed by atoms with Gasteiger partial charge in [-0.25, -0.2) is 0 Å². The molecule has 2 unspecified atom stereocenters. The van der Waals surface area contributed by atoms with Crippen molar-refractivity contribution < 1.29 is 9.32 Å². The number of aliphatic hydroxyl groups is 1. The van der Waals surface area contributed by atoms with E-state index < -0.39 is 16.4 Å². The third kappa shape index (κ3) is 3.14. The molecular formula is C18H21NO2S. The molecule has 4 heteroatoms. The minimum absolute atomic E-state index is 0.547. The molecule has 2 atom stereocenters. The molecule has 3 rings (SSSR count). The molecule has 2 aromatic rings. The first kappa shape index (κ1) is 15.4. The lowest BCUT2D eigenvalue weighted by Gasteiger charge is -2.24. The molecule has 22 heavy (non-hydrogen) atoms. The van der Waals surface area contributed by atoms with Crippen molar-refractivity contribution in [3.05, 3.63) is 65.2 Å². The lowest BCUT2D eigenvalue weighted by molar-refractivity contribution is 0.0384. The Balaban J connectivity index is 1.60. The van der Waals surface area contributed by atoms with E-state index in [1.165, 1.54) is 5.56 Å². The Hall–Kier alpha value is -1.49. The molecule has 0 saturated heterocycles. The standard InChI is InChI=1S/C18H21NO2S/c1-22(21)16-8-6-14(7-9-16)12-19-13-18(20)11-10-15-4-2-3-5-17(15)18/h2-9,19-20H,10-13H2,1H3. The molecule has 0 radical (unpaired) electrons. The summed E-state index contributed by atoms with van der Waals surface area (Å²) in [5, 5.41) is 14.2. The summed E-state index contributed by atoms with van der Waals surface area (Å²) in [6.45, 7) is 1.24. The fourth-order valence-corrected chi connectivity index (χ4v) is 3.58. The van der Waals surface area contributed by atoms with E-state index in [2.05, 4.69) is 11.4 Å². The quantitative estimate of drug-likeness (QED) is 0.890. The summed E-state index contributed by atoms with van der Waals surface area (Å²) in [5.74, 6) is 0. The fraction of sp³-hybridized carbons (Fsp3) is 0.333. The molecule has 1 aliphatic carbocycles. The molecule has 0 aromatic heterocycles. The minimum atomic E-state index is -0.937. The Morgan fingerprint density at radius 1 is 1.18 bits per heavy atom. The van der Waals surface area contributed by atoms with Gasteiger partial charge in [0.2, 0.25) is 0 Å². The first-order valence-electron chi connectivity index (χ1n) is 7.52. The number of hydrogen-bond acceptors (Lipinski definition) is 3. The second-order valence-corrected chi connectivity index (χ2v) is 7.27. The molecule has 2 N–H and O–H groups in total. The van der Waals surface area contributed by atoms with Crippen LogP contribution in [0.1, 0.15) is 23.1 Å². The molecule has 0 heterocycles. The third-order valence-electron chi connectivity index (χ3n) is 4.33. The summed E-state index contributed by atoms with van der Waals surface area (Å²) >= 11 is 0. The molecule has 0 bridgehead atoms. The van der Waals surface area contributed by atoms with Gasteiger partial charge in [-0.3, -0.25) is 4.21 Å². The molecule has 0 amide bonds. The van der Waals surface area contributed by atoms with Crippen molar-refractivity contribution >= 4 is 10.8 Å².